The van der Waals surface area contributed by atoms with E-state index in [1.807, 2.05) is 23.1 Å². The Morgan fingerprint density at radius 1 is 1.13 bits per heavy atom. The maximum absolute atomic E-state index is 13.1. The minimum Gasteiger partial charge on any atom is -0.493 e. The molecule has 0 N–H and O–H groups in total. The number of hydrogen-bond acceptors (Lipinski definition) is 4. The van der Waals surface area contributed by atoms with Crippen molar-refractivity contribution in [2.24, 2.45) is 5.92 Å². The molecule has 164 valence electrons. The number of hydrogen-bond donors (Lipinski definition) is 0. The van der Waals surface area contributed by atoms with Gasteiger partial charge in [-0.2, -0.15) is 0 Å². The zero-order chi connectivity index (χ0) is 21.6. The number of carbonyl (C=O) groups excluding carboxylic acids is 1. The molecule has 0 spiro atoms. The van der Waals surface area contributed by atoms with Crippen molar-refractivity contribution in [3.63, 3.8) is 0 Å². The predicted molar refractivity (Wildman–Crippen MR) is 122 cm³/mol. The molecule has 0 unspecified atom stereocenters. The molecule has 31 heavy (non-hydrogen) atoms. The first-order valence-corrected chi connectivity index (χ1v) is 11.8. The average Bonchev–Trinajstić information content (AvgIpc) is 3.29. The Bertz CT molecular complexity index is 940. The summed E-state index contributed by atoms with van der Waals surface area (Å²) in [6.45, 7) is 1.69. The quantitative estimate of drug-likeness (QED) is 0.510. The molecule has 0 aromatic heterocycles. The fourth-order valence-corrected chi connectivity index (χ4v) is 4.76. The number of thioether (sulfide) groups is 1. The summed E-state index contributed by atoms with van der Waals surface area (Å²) in [5, 5.41) is 0. The van der Waals surface area contributed by atoms with Crippen molar-refractivity contribution in [1.29, 1.82) is 0 Å². The molecule has 0 radical (unpaired) electrons. The number of allylic oxidation sites excluding steroid dienone is 1. The monoisotopic (exact) mass is 441 g/mol. The lowest BCUT2D eigenvalue weighted by molar-refractivity contribution is -0.128. The van der Waals surface area contributed by atoms with Gasteiger partial charge < -0.3 is 14.4 Å². The van der Waals surface area contributed by atoms with Crippen LogP contribution in [0.15, 0.2) is 53.4 Å². The summed E-state index contributed by atoms with van der Waals surface area (Å²) in [6.07, 6.45) is 6.70. The van der Waals surface area contributed by atoms with Crippen LogP contribution in [0.2, 0.25) is 0 Å². The minimum absolute atomic E-state index is 0.144. The summed E-state index contributed by atoms with van der Waals surface area (Å²) < 4.78 is 24.5. The second-order valence-corrected chi connectivity index (χ2v) is 9.23. The number of halogens is 1. The second-order valence-electron chi connectivity index (χ2n) is 8.09. The summed E-state index contributed by atoms with van der Waals surface area (Å²) in [4.78, 5) is 16.0. The third-order valence-corrected chi connectivity index (χ3v) is 6.91. The van der Waals surface area contributed by atoms with E-state index in [1.54, 1.807) is 31.0 Å². The number of benzene rings is 2. The lowest BCUT2D eigenvalue weighted by atomic mass is 9.85. The Labute approximate surface area is 187 Å². The van der Waals surface area contributed by atoms with Gasteiger partial charge in [0, 0.05) is 18.8 Å². The largest absolute Gasteiger partial charge is 0.493 e. The molecular formula is C25H28FNO3S. The number of ether oxygens (including phenoxy) is 2. The van der Waals surface area contributed by atoms with E-state index >= 15 is 0 Å². The zero-order valence-electron chi connectivity index (χ0n) is 17.8. The minimum atomic E-state index is -0.265. The molecule has 2 aromatic carbocycles. The van der Waals surface area contributed by atoms with Crippen LogP contribution in [0.1, 0.15) is 36.8 Å². The van der Waals surface area contributed by atoms with Crippen LogP contribution in [-0.4, -0.2) is 30.2 Å². The molecule has 4 nitrogen and oxygen atoms in total. The lowest BCUT2D eigenvalue weighted by Crippen LogP contribution is -2.37. The van der Waals surface area contributed by atoms with E-state index in [9.17, 15) is 9.18 Å². The third kappa shape index (κ3) is 5.62. The van der Waals surface area contributed by atoms with E-state index in [2.05, 4.69) is 6.08 Å². The van der Waals surface area contributed by atoms with Gasteiger partial charge in [0.05, 0.1) is 12.0 Å². The molecule has 0 saturated heterocycles. The van der Waals surface area contributed by atoms with Crippen molar-refractivity contribution in [3.8, 4) is 11.5 Å². The molecule has 1 heterocycles. The van der Waals surface area contributed by atoms with Crippen molar-refractivity contribution in [2.45, 2.75) is 38.8 Å². The van der Waals surface area contributed by atoms with Crippen LogP contribution in [0.25, 0.3) is 0 Å². The first kappa shape index (κ1) is 21.8. The Morgan fingerprint density at radius 2 is 1.90 bits per heavy atom. The molecule has 1 fully saturated rings. The summed E-state index contributed by atoms with van der Waals surface area (Å²) in [5.41, 5.74) is 1.90. The van der Waals surface area contributed by atoms with Crippen LogP contribution >= 0.6 is 11.8 Å². The highest BCUT2D eigenvalue weighted by molar-refractivity contribution is 8.04. The average molecular weight is 442 g/mol. The van der Waals surface area contributed by atoms with E-state index in [1.165, 1.54) is 31.4 Å². The van der Waals surface area contributed by atoms with Gasteiger partial charge in [0.25, 0.3) is 5.91 Å². The summed E-state index contributed by atoms with van der Waals surface area (Å²) >= 11 is 1.66. The summed E-state index contributed by atoms with van der Waals surface area (Å²) in [6, 6.07) is 12.1. The standard InChI is InChI=1S/C25H28FNO3S/c1-29-23-14-20(9-12-22(23)30-17-19-7-10-21(26)11-8-19)16-27(15-18-4-2-5-18)25(28)24-6-3-13-31-24/h6-12,14,18H,2-5,13,15-17H2,1H3. The number of amides is 1. The highest BCUT2D eigenvalue weighted by atomic mass is 32.2. The molecule has 2 aliphatic rings. The van der Waals surface area contributed by atoms with E-state index in [-0.39, 0.29) is 11.7 Å². The highest BCUT2D eigenvalue weighted by Crippen LogP contribution is 2.33. The fourth-order valence-electron chi connectivity index (χ4n) is 3.82. The normalized spacial score (nSPS) is 15.9. The summed E-state index contributed by atoms with van der Waals surface area (Å²) in [5.74, 6) is 2.73. The SMILES string of the molecule is COc1cc(CN(CC2CCC2)C(=O)C2=CCCS2)ccc1OCc1ccc(F)cc1. The van der Waals surface area contributed by atoms with Gasteiger partial charge in [-0.1, -0.05) is 30.7 Å². The van der Waals surface area contributed by atoms with Crippen LogP contribution in [0, 0.1) is 11.7 Å². The zero-order valence-corrected chi connectivity index (χ0v) is 18.6. The molecule has 1 saturated carbocycles. The highest BCUT2D eigenvalue weighted by Gasteiger charge is 2.27. The van der Waals surface area contributed by atoms with Gasteiger partial charge in [-0.3, -0.25) is 4.79 Å². The third-order valence-electron chi connectivity index (χ3n) is 5.82. The van der Waals surface area contributed by atoms with Crippen LogP contribution < -0.4 is 9.47 Å². The van der Waals surface area contributed by atoms with Gasteiger partial charge in [0.2, 0.25) is 0 Å². The van der Waals surface area contributed by atoms with Crippen LogP contribution in [0.4, 0.5) is 4.39 Å². The molecular weight excluding hydrogens is 413 g/mol. The van der Waals surface area contributed by atoms with E-state index < -0.39 is 0 Å². The van der Waals surface area contributed by atoms with Crippen molar-refractivity contribution in [1.82, 2.24) is 4.90 Å². The van der Waals surface area contributed by atoms with Crippen molar-refractivity contribution in [2.75, 3.05) is 19.4 Å². The van der Waals surface area contributed by atoms with Crippen LogP contribution in [-0.2, 0) is 17.9 Å². The summed E-state index contributed by atoms with van der Waals surface area (Å²) in [7, 11) is 1.61. The Balaban J connectivity index is 1.45. The molecule has 4 rings (SSSR count). The molecule has 1 amide bonds. The van der Waals surface area contributed by atoms with Gasteiger partial charge in [0.1, 0.15) is 12.4 Å². The topological polar surface area (TPSA) is 38.8 Å². The second kappa shape index (κ2) is 10.2. The molecule has 1 aliphatic heterocycles. The maximum atomic E-state index is 13.1. The number of carbonyl (C=O) groups is 1. The first-order valence-electron chi connectivity index (χ1n) is 10.8. The Kier molecular flexibility index (Phi) is 7.17. The van der Waals surface area contributed by atoms with Crippen LogP contribution in [0.5, 0.6) is 11.5 Å². The molecule has 1 aliphatic carbocycles. The van der Waals surface area contributed by atoms with Gasteiger partial charge in [-0.25, -0.2) is 4.39 Å². The lowest BCUT2D eigenvalue weighted by Gasteiger charge is -2.32. The van der Waals surface area contributed by atoms with Crippen LogP contribution in [0.3, 0.4) is 0 Å². The van der Waals surface area contributed by atoms with Gasteiger partial charge in [0.15, 0.2) is 11.5 Å². The fraction of sp³-hybridized carbons (Fsp3) is 0.400. The number of rotatable bonds is 9. The first-order chi connectivity index (χ1) is 15.1. The van der Waals surface area contributed by atoms with Crippen molar-refractivity contribution >= 4 is 17.7 Å². The van der Waals surface area contributed by atoms with Crippen molar-refractivity contribution in [3.05, 3.63) is 70.4 Å². The smallest absolute Gasteiger partial charge is 0.260 e. The van der Waals surface area contributed by atoms with Gasteiger partial charge in [-0.15, -0.1) is 11.8 Å². The Morgan fingerprint density at radius 3 is 2.55 bits per heavy atom. The van der Waals surface area contributed by atoms with Crippen molar-refractivity contribution < 1.29 is 18.7 Å². The molecule has 6 heteroatoms. The number of nitrogens with zero attached hydrogens (tertiary/aromatic N) is 1. The predicted octanol–water partition coefficient (Wildman–Crippen LogP) is 5.56. The van der Waals surface area contributed by atoms with Gasteiger partial charge in [-0.05, 0) is 60.6 Å². The maximum Gasteiger partial charge on any atom is 0.260 e. The molecule has 2 aromatic rings. The van der Waals surface area contributed by atoms with Gasteiger partial charge >= 0.3 is 0 Å². The van der Waals surface area contributed by atoms with E-state index in [4.69, 9.17) is 9.47 Å². The number of methoxy groups -OCH3 is 1. The Hall–Kier alpha value is -2.47. The molecule has 0 bridgehead atoms. The van der Waals surface area contributed by atoms with E-state index in [0.717, 1.165) is 34.8 Å². The van der Waals surface area contributed by atoms with E-state index in [0.29, 0.717) is 30.6 Å². The molecule has 0 atom stereocenters.